The summed E-state index contributed by atoms with van der Waals surface area (Å²) >= 11 is 0. The molecule has 0 saturated heterocycles. The van der Waals surface area contributed by atoms with Crippen LogP contribution in [0.15, 0.2) is 48.5 Å². The first-order valence-corrected chi connectivity index (χ1v) is 7.62. The van der Waals surface area contributed by atoms with Gasteiger partial charge in [0.15, 0.2) is 6.10 Å². The van der Waals surface area contributed by atoms with Crippen LogP contribution >= 0.6 is 0 Å². The zero-order valence-corrected chi connectivity index (χ0v) is 14.1. The Kier molecular flexibility index (Phi) is 5.63. The summed E-state index contributed by atoms with van der Waals surface area (Å²) in [5, 5.41) is 0. The van der Waals surface area contributed by atoms with Crippen LogP contribution in [0.3, 0.4) is 0 Å². The molecule has 0 aliphatic heterocycles. The lowest BCUT2D eigenvalue weighted by molar-refractivity contribution is -0.137. The smallest absolute Gasteiger partial charge is 0.263 e. The molecule has 1 atom stereocenters. The number of aryl methyl sites for hydroxylation is 1. The van der Waals surface area contributed by atoms with Crippen LogP contribution in [0, 0.1) is 6.92 Å². The third-order valence-corrected chi connectivity index (χ3v) is 3.72. The summed E-state index contributed by atoms with van der Waals surface area (Å²) in [6.45, 7) is 4.21. The Balaban J connectivity index is 2.03. The summed E-state index contributed by atoms with van der Waals surface area (Å²) in [4.78, 5) is 14.2. The number of rotatable bonds is 6. The van der Waals surface area contributed by atoms with Crippen LogP contribution in [-0.4, -0.2) is 31.1 Å². The molecular weight excluding hydrogens is 290 g/mol. The maximum absolute atomic E-state index is 12.5. The Morgan fingerprint density at radius 3 is 2.35 bits per heavy atom. The van der Waals surface area contributed by atoms with Crippen LogP contribution in [-0.2, 0) is 11.3 Å². The fourth-order valence-electron chi connectivity index (χ4n) is 2.41. The molecule has 0 unspecified atom stereocenters. The maximum atomic E-state index is 12.5. The van der Waals surface area contributed by atoms with Crippen molar-refractivity contribution >= 4 is 5.91 Å². The van der Waals surface area contributed by atoms with E-state index in [1.165, 1.54) is 0 Å². The molecule has 0 spiro atoms. The molecule has 0 radical (unpaired) electrons. The minimum Gasteiger partial charge on any atom is -0.496 e. The summed E-state index contributed by atoms with van der Waals surface area (Å²) in [6.07, 6.45) is -0.546. The molecule has 2 aromatic carbocycles. The van der Waals surface area contributed by atoms with Gasteiger partial charge < -0.3 is 14.4 Å². The van der Waals surface area contributed by atoms with Crippen LogP contribution in [0.25, 0.3) is 0 Å². The van der Waals surface area contributed by atoms with Crippen molar-refractivity contribution in [1.29, 1.82) is 0 Å². The lowest BCUT2D eigenvalue weighted by Crippen LogP contribution is -2.37. The summed E-state index contributed by atoms with van der Waals surface area (Å²) in [6, 6.07) is 15.4. The van der Waals surface area contributed by atoms with Crippen LogP contribution in [0.1, 0.15) is 18.1 Å². The molecule has 23 heavy (non-hydrogen) atoms. The SMILES string of the molecule is COc1ccccc1CN(C)C(=O)[C@H](C)Oc1ccccc1C. The van der Waals surface area contributed by atoms with Gasteiger partial charge in [-0.1, -0.05) is 36.4 Å². The van der Waals surface area contributed by atoms with E-state index >= 15 is 0 Å². The van der Waals surface area contributed by atoms with E-state index in [9.17, 15) is 4.79 Å². The zero-order valence-electron chi connectivity index (χ0n) is 14.1. The molecule has 0 aromatic heterocycles. The molecule has 0 fully saturated rings. The summed E-state index contributed by atoms with van der Waals surface area (Å²) in [7, 11) is 3.40. The quantitative estimate of drug-likeness (QED) is 0.820. The van der Waals surface area contributed by atoms with Gasteiger partial charge in [-0.2, -0.15) is 0 Å². The normalized spacial score (nSPS) is 11.7. The van der Waals surface area contributed by atoms with E-state index in [1.54, 1.807) is 26.0 Å². The Bertz CT molecular complexity index is 669. The van der Waals surface area contributed by atoms with Crippen LogP contribution < -0.4 is 9.47 Å². The lowest BCUT2D eigenvalue weighted by Gasteiger charge is -2.23. The molecule has 0 aliphatic carbocycles. The monoisotopic (exact) mass is 313 g/mol. The van der Waals surface area contributed by atoms with Crippen LogP contribution in [0.2, 0.25) is 0 Å². The van der Waals surface area contributed by atoms with E-state index in [2.05, 4.69) is 0 Å². The third kappa shape index (κ3) is 4.25. The Labute approximate surface area is 137 Å². The highest BCUT2D eigenvalue weighted by Crippen LogP contribution is 2.21. The molecule has 0 bridgehead atoms. The second-order valence-electron chi connectivity index (χ2n) is 5.53. The van der Waals surface area contributed by atoms with Gasteiger partial charge in [0.25, 0.3) is 5.91 Å². The molecule has 4 nitrogen and oxygen atoms in total. The third-order valence-electron chi connectivity index (χ3n) is 3.72. The number of methoxy groups -OCH3 is 1. The molecule has 0 N–H and O–H groups in total. The number of ether oxygens (including phenoxy) is 2. The minimum absolute atomic E-state index is 0.0702. The number of carbonyl (C=O) groups excluding carboxylic acids is 1. The number of carbonyl (C=O) groups is 1. The largest absolute Gasteiger partial charge is 0.496 e. The van der Waals surface area contributed by atoms with Crippen LogP contribution in [0.4, 0.5) is 0 Å². The highest BCUT2D eigenvalue weighted by Gasteiger charge is 2.20. The predicted molar refractivity (Wildman–Crippen MR) is 90.7 cm³/mol. The van der Waals surface area contributed by atoms with E-state index < -0.39 is 6.10 Å². The van der Waals surface area contributed by atoms with Gasteiger partial charge in [0, 0.05) is 19.2 Å². The Morgan fingerprint density at radius 2 is 1.70 bits per heavy atom. The molecular formula is C19H23NO3. The van der Waals surface area contributed by atoms with E-state index in [1.807, 2.05) is 55.5 Å². The summed E-state index contributed by atoms with van der Waals surface area (Å²) in [5.41, 5.74) is 1.98. The molecule has 0 saturated carbocycles. The Hall–Kier alpha value is -2.49. The number of hydrogen-bond donors (Lipinski definition) is 0. The van der Waals surface area contributed by atoms with Crippen molar-refractivity contribution in [3.63, 3.8) is 0 Å². The van der Waals surface area contributed by atoms with Gasteiger partial charge in [-0.3, -0.25) is 4.79 Å². The molecule has 122 valence electrons. The fraction of sp³-hybridized carbons (Fsp3) is 0.316. The van der Waals surface area contributed by atoms with Crippen LogP contribution in [0.5, 0.6) is 11.5 Å². The van der Waals surface area contributed by atoms with Gasteiger partial charge in [-0.15, -0.1) is 0 Å². The first-order chi connectivity index (χ1) is 11.0. The molecule has 0 heterocycles. The molecule has 2 aromatic rings. The lowest BCUT2D eigenvalue weighted by atomic mass is 10.2. The van der Waals surface area contributed by atoms with Crippen molar-refractivity contribution in [3.8, 4) is 11.5 Å². The van der Waals surface area contributed by atoms with Gasteiger partial charge in [0.2, 0.25) is 0 Å². The average molecular weight is 313 g/mol. The number of amides is 1. The number of hydrogen-bond acceptors (Lipinski definition) is 3. The van der Waals surface area contributed by atoms with Gasteiger partial charge in [0.05, 0.1) is 7.11 Å². The molecule has 4 heteroatoms. The van der Waals surface area contributed by atoms with Crippen molar-refractivity contribution in [2.45, 2.75) is 26.5 Å². The van der Waals surface area contributed by atoms with Crippen molar-refractivity contribution < 1.29 is 14.3 Å². The fourth-order valence-corrected chi connectivity index (χ4v) is 2.41. The van der Waals surface area contributed by atoms with E-state index in [0.717, 1.165) is 22.6 Å². The number of para-hydroxylation sites is 2. The van der Waals surface area contributed by atoms with Crippen molar-refractivity contribution in [2.75, 3.05) is 14.2 Å². The highest BCUT2D eigenvalue weighted by molar-refractivity contribution is 5.80. The minimum atomic E-state index is -0.546. The second-order valence-corrected chi connectivity index (χ2v) is 5.53. The molecule has 1 amide bonds. The molecule has 2 rings (SSSR count). The summed E-state index contributed by atoms with van der Waals surface area (Å²) < 4.78 is 11.1. The van der Waals surface area contributed by atoms with Crippen molar-refractivity contribution in [1.82, 2.24) is 4.90 Å². The zero-order chi connectivity index (χ0) is 16.8. The first kappa shape index (κ1) is 16.9. The second kappa shape index (κ2) is 7.68. The van der Waals surface area contributed by atoms with E-state index in [4.69, 9.17) is 9.47 Å². The van der Waals surface area contributed by atoms with Crippen molar-refractivity contribution in [2.24, 2.45) is 0 Å². The highest BCUT2D eigenvalue weighted by atomic mass is 16.5. The molecule has 0 aliphatic rings. The first-order valence-electron chi connectivity index (χ1n) is 7.62. The van der Waals surface area contributed by atoms with Gasteiger partial charge in [-0.25, -0.2) is 0 Å². The van der Waals surface area contributed by atoms with Crippen molar-refractivity contribution in [3.05, 3.63) is 59.7 Å². The standard InChI is InChI=1S/C19H23NO3/c1-14-9-5-7-11-17(14)23-15(2)19(21)20(3)13-16-10-6-8-12-18(16)22-4/h5-12,15H,13H2,1-4H3/t15-/m0/s1. The van der Waals surface area contributed by atoms with Gasteiger partial charge in [-0.05, 0) is 31.5 Å². The van der Waals surface area contributed by atoms with E-state index in [0.29, 0.717) is 6.54 Å². The van der Waals surface area contributed by atoms with Gasteiger partial charge in [0.1, 0.15) is 11.5 Å². The van der Waals surface area contributed by atoms with Gasteiger partial charge >= 0.3 is 0 Å². The number of nitrogens with zero attached hydrogens (tertiary/aromatic N) is 1. The Morgan fingerprint density at radius 1 is 1.09 bits per heavy atom. The van der Waals surface area contributed by atoms with E-state index in [-0.39, 0.29) is 5.91 Å². The topological polar surface area (TPSA) is 38.8 Å². The average Bonchev–Trinajstić information content (AvgIpc) is 2.56. The maximum Gasteiger partial charge on any atom is 0.263 e. The summed E-state index contributed by atoms with van der Waals surface area (Å²) in [5.74, 6) is 1.44. The predicted octanol–water partition coefficient (Wildman–Crippen LogP) is 3.43. The number of benzene rings is 2. The number of likely N-dealkylation sites (N-methyl/N-ethyl adjacent to an activating group) is 1.